The van der Waals surface area contributed by atoms with E-state index in [-0.39, 0.29) is 36.7 Å². The maximum atomic E-state index is 13.0. The molecule has 2 aliphatic rings. The molecule has 38 heavy (non-hydrogen) atoms. The molecule has 0 aliphatic carbocycles. The lowest BCUT2D eigenvalue weighted by atomic mass is 9.82. The summed E-state index contributed by atoms with van der Waals surface area (Å²) < 4.78 is 5.28. The van der Waals surface area contributed by atoms with Gasteiger partial charge < -0.3 is 25.4 Å². The van der Waals surface area contributed by atoms with Gasteiger partial charge in [0.1, 0.15) is 12.4 Å². The number of pyridine rings is 1. The van der Waals surface area contributed by atoms with Crippen LogP contribution in [0.2, 0.25) is 0 Å². The van der Waals surface area contributed by atoms with Crippen molar-refractivity contribution in [2.24, 2.45) is 0 Å². The van der Waals surface area contributed by atoms with E-state index in [1.165, 1.54) is 11.3 Å². The molecule has 0 saturated carbocycles. The highest BCUT2D eigenvalue weighted by Gasteiger charge is 2.42. The van der Waals surface area contributed by atoms with Gasteiger partial charge in [-0.3, -0.25) is 4.79 Å². The molecular formula is C26H32N6O4S2. The second-order valence-electron chi connectivity index (χ2n) is 9.96. The van der Waals surface area contributed by atoms with Gasteiger partial charge in [-0.1, -0.05) is 0 Å². The van der Waals surface area contributed by atoms with Crippen LogP contribution in [0.4, 0.5) is 15.7 Å². The molecule has 2 saturated heterocycles. The molecule has 12 heteroatoms. The highest BCUT2D eigenvalue weighted by molar-refractivity contribution is 7.16. The van der Waals surface area contributed by atoms with E-state index in [4.69, 9.17) is 4.74 Å². The highest BCUT2D eigenvalue weighted by atomic mass is 32.1. The number of ether oxygens (including phenoxy) is 1. The lowest BCUT2D eigenvalue weighted by molar-refractivity contribution is -0.000886. The van der Waals surface area contributed by atoms with Gasteiger partial charge in [0.05, 0.1) is 32.9 Å². The number of thiazole rings is 2. The Morgan fingerprint density at radius 3 is 2.61 bits per heavy atom. The van der Waals surface area contributed by atoms with Crippen LogP contribution in [-0.4, -0.2) is 67.8 Å². The van der Waals surface area contributed by atoms with Crippen molar-refractivity contribution in [3.8, 4) is 10.6 Å². The largest absolute Gasteiger partial charge is 0.447 e. The number of fused-ring (bicyclic) bond motifs is 2. The number of hydrogen-bond donors (Lipinski definition) is 3. The Morgan fingerprint density at radius 1 is 1.21 bits per heavy atom. The SMILES string of the molecule is Cc1nc(C)c(-c2csc(Nc3ccc(C(=O)NC4C[C@H]5CCC[C@@H](C4)N5C(=O)OC[C@@H](C)O)cn3)n2)s1. The van der Waals surface area contributed by atoms with E-state index >= 15 is 0 Å². The van der Waals surface area contributed by atoms with Gasteiger partial charge in [0, 0.05) is 29.7 Å². The first-order chi connectivity index (χ1) is 18.3. The number of carbonyl (C=O) groups is 2. The van der Waals surface area contributed by atoms with Crippen molar-refractivity contribution >= 4 is 45.6 Å². The summed E-state index contributed by atoms with van der Waals surface area (Å²) in [6, 6.07) is 3.55. The zero-order chi connectivity index (χ0) is 26.8. The number of nitrogens with zero attached hydrogens (tertiary/aromatic N) is 4. The van der Waals surface area contributed by atoms with Gasteiger partial charge >= 0.3 is 6.09 Å². The predicted molar refractivity (Wildman–Crippen MR) is 147 cm³/mol. The average molecular weight is 557 g/mol. The highest BCUT2D eigenvalue weighted by Crippen LogP contribution is 2.35. The Bertz CT molecular complexity index is 1280. The van der Waals surface area contributed by atoms with Crippen molar-refractivity contribution in [3.05, 3.63) is 40.0 Å². The fourth-order valence-electron chi connectivity index (χ4n) is 5.25. The van der Waals surface area contributed by atoms with Gasteiger partial charge in [-0.25, -0.2) is 19.7 Å². The quantitative estimate of drug-likeness (QED) is 0.383. The van der Waals surface area contributed by atoms with Crippen molar-refractivity contribution in [1.82, 2.24) is 25.2 Å². The minimum atomic E-state index is -0.692. The van der Waals surface area contributed by atoms with Gasteiger partial charge in [0.25, 0.3) is 5.91 Å². The number of aliphatic hydroxyl groups excluding tert-OH is 1. The van der Waals surface area contributed by atoms with Crippen LogP contribution >= 0.6 is 22.7 Å². The molecule has 2 aliphatic heterocycles. The van der Waals surface area contributed by atoms with Crippen LogP contribution in [0.25, 0.3) is 10.6 Å². The van der Waals surface area contributed by atoms with Crippen LogP contribution in [-0.2, 0) is 4.74 Å². The zero-order valence-corrected chi connectivity index (χ0v) is 23.3. The number of amides is 2. The number of hydrogen-bond acceptors (Lipinski definition) is 10. The van der Waals surface area contributed by atoms with Crippen LogP contribution in [0, 0.1) is 13.8 Å². The van der Waals surface area contributed by atoms with E-state index in [2.05, 4.69) is 25.6 Å². The molecule has 5 heterocycles. The van der Waals surface area contributed by atoms with Gasteiger partial charge in [-0.2, -0.15) is 0 Å². The number of nitrogens with one attached hydrogen (secondary N) is 2. The van der Waals surface area contributed by atoms with Gasteiger partial charge in [0.15, 0.2) is 5.13 Å². The normalized spacial score (nSPS) is 21.6. The standard InChI is InChI=1S/C26H32N6O4S2/c1-14(33)12-36-26(35)32-19-5-4-6-20(32)10-18(9-19)29-24(34)17-7-8-22(27-11-17)31-25-30-21(13-37-25)23-15(2)28-16(3)38-23/h7-8,11,13-14,18-20,33H,4-6,9-10,12H2,1-3H3,(H,29,34)(H,27,30,31)/t14-,18?,19-,20+/m1/s1. The third kappa shape index (κ3) is 5.97. The van der Waals surface area contributed by atoms with E-state index < -0.39 is 6.10 Å². The zero-order valence-electron chi connectivity index (χ0n) is 21.6. The first-order valence-electron chi connectivity index (χ1n) is 12.8. The molecule has 0 radical (unpaired) electrons. The molecular weight excluding hydrogens is 524 g/mol. The molecule has 10 nitrogen and oxygen atoms in total. The fourth-order valence-corrected chi connectivity index (χ4v) is 6.91. The third-order valence-electron chi connectivity index (χ3n) is 6.87. The van der Waals surface area contributed by atoms with Gasteiger partial charge in [0.2, 0.25) is 0 Å². The molecule has 3 aromatic rings. The Labute approximate surface area is 229 Å². The second kappa shape index (κ2) is 11.3. The molecule has 3 aromatic heterocycles. The van der Waals surface area contributed by atoms with E-state index in [1.54, 1.807) is 36.6 Å². The molecule has 5 rings (SSSR count). The average Bonchev–Trinajstić information content (AvgIpc) is 3.47. The van der Waals surface area contributed by atoms with Crippen LogP contribution in [0.15, 0.2) is 23.7 Å². The van der Waals surface area contributed by atoms with Crippen LogP contribution in [0.5, 0.6) is 0 Å². The Morgan fingerprint density at radius 2 is 1.97 bits per heavy atom. The number of aryl methyl sites for hydroxylation is 2. The maximum Gasteiger partial charge on any atom is 0.410 e. The Kier molecular flexibility index (Phi) is 7.91. The summed E-state index contributed by atoms with van der Waals surface area (Å²) in [5.41, 5.74) is 2.35. The van der Waals surface area contributed by atoms with Crippen molar-refractivity contribution < 1.29 is 19.4 Å². The molecule has 0 spiro atoms. The number of anilines is 2. The number of rotatable bonds is 7. The summed E-state index contributed by atoms with van der Waals surface area (Å²) >= 11 is 3.12. The lowest BCUT2D eigenvalue weighted by Gasteiger charge is -2.48. The number of carbonyl (C=O) groups excluding carboxylic acids is 2. The van der Waals surface area contributed by atoms with E-state index in [1.807, 2.05) is 24.1 Å². The predicted octanol–water partition coefficient (Wildman–Crippen LogP) is 4.65. The summed E-state index contributed by atoms with van der Waals surface area (Å²) in [4.78, 5) is 42.0. The molecule has 1 unspecified atom stereocenters. The van der Waals surface area contributed by atoms with Gasteiger partial charge in [-0.05, 0) is 65.0 Å². The lowest BCUT2D eigenvalue weighted by Crippen LogP contribution is -2.59. The molecule has 2 amide bonds. The van der Waals surface area contributed by atoms with Crippen molar-refractivity contribution in [1.29, 1.82) is 0 Å². The number of aromatic nitrogens is 3. The van der Waals surface area contributed by atoms with Crippen molar-refractivity contribution in [2.45, 2.75) is 77.1 Å². The van der Waals surface area contributed by atoms with Crippen molar-refractivity contribution in [3.63, 3.8) is 0 Å². The minimum Gasteiger partial charge on any atom is -0.447 e. The summed E-state index contributed by atoms with van der Waals surface area (Å²) in [5.74, 6) is 0.433. The van der Waals surface area contributed by atoms with Crippen LogP contribution in [0.3, 0.4) is 0 Å². The summed E-state index contributed by atoms with van der Waals surface area (Å²) in [6.07, 6.45) is 4.69. The Hall–Kier alpha value is -3.09. The van der Waals surface area contributed by atoms with Crippen molar-refractivity contribution in [2.75, 3.05) is 11.9 Å². The second-order valence-corrected chi connectivity index (χ2v) is 12.0. The molecule has 2 bridgehead atoms. The summed E-state index contributed by atoms with van der Waals surface area (Å²) in [6.45, 7) is 5.55. The molecule has 2 fully saturated rings. The van der Waals surface area contributed by atoms with Crippen LogP contribution in [0.1, 0.15) is 60.1 Å². The molecule has 4 atom stereocenters. The first kappa shape index (κ1) is 26.5. The van der Waals surface area contributed by atoms with Crippen LogP contribution < -0.4 is 10.6 Å². The third-order valence-corrected chi connectivity index (χ3v) is 8.72. The van der Waals surface area contributed by atoms with E-state index in [0.717, 1.165) is 45.7 Å². The summed E-state index contributed by atoms with van der Waals surface area (Å²) in [7, 11) is 0. The monoisotopic (exact) mass is 556 g/mol. The Balaban J connectivity index is 1.17. The fraction of sp³-hybridized carbons (Fsp3) is 0.500. The summed E-state index contributed by atoms with van der Waals surface area (Å²) in [5, 5.41) is 19.5. The number of piperidine rings is 2. The van der Waals surface area contributed by atoms with Gasteiger partial charge in [-0.15, -0.1) is 22.7 Å². The molecule has 202 valence electrons. The molecule has 3 N–H and O–H groups in total. The minimum absolute atomic E-state index is 0.0119. The van der Waals surface area contributed by atoms with E-state index in [0.29, 0.717) is 24.2 Å². The topological polar surface area (TPSA) is 130 Å². The maximum absolute atomic E-state index is 13.0. The number of aliphatic hydroxyl groups is 1. The smallest absolute Gasteiger partial charge is 0.410 e. The molecule has 0 aromatic carbocycles. The first-order valence-corrected chi connectivity index (χ1v) is 14.5. The van der Waals surface area contributed by atoms with E-state index in [9.17, 15) is 14.7 Å².